The van der Waals surface area contributed by atoms with Crippen LogP contribution in [0.5, 0.6) is 0 Å². The molecule has 20 N–H and O–H groups in total. The smallest absolute Gasteiger partial charge is 0.386 e. The maximum Gasteiger partial charge on any atom is 0.386 e. The zero-order chi connectivity index (χ0) is 94.6. The fourth-order valence-corrected chi connectivity index (χ4v) is 27.8. The van der Waals surface area contributed by atoms with Crippen LogP contribution in [-0.2, 0) is 137 Å². The highest BCUT2D eigenvalue weighted by atomic mass is 32.7. The third-order valence-electron chi connectivity index (χ3n) is 21.8. The number of anilines is 6. The maximum absolute atomic E-state index is 16.0. The number of pyridine rings is 2. The molecule has 6 bridgehead atoms. The minimum Gasteiger partial charge on any atom is -0.397 e. The molecule has 21 rings (SSSR count). The zero-order valence-electron chi connectivity index (χ0n) is 66.8. The Hall–Kier alpha value is -7.02. The number of nitrogen functional groups attached to an aromatic ring is 6. The molecule has 0 saturated carbocycles. The van der Waals surface area contributed by atoms with Crippen molar-refractivity contribution in [2.45, 2.75) is 144 Å². The van der Waals surface area contributed by atoms with Crippen molar-refractivity contribution in [3.05, 3.63) is 105 Å². The predicted molar refractivity (Wildman–Crippen MR) is 480 cm³/mol. The van der Waals surface area contributed by atoms with E-state index in [1.54, 1.807) is 6.07 Å². The standard InChI is InChI=1S/2C21H23F2N9O8P2S3.C20H23FN10O9P2S2/c2*22-10-9-4-37-42(35,44)39-14-8(38-19(11(14)23)31-5-27-12-7(24)1-2-26-16(12)31)3-36-41(34,43)40-15(10)20(45-9)32-6-28-13-17(32)29-21(25)30-18(13)33;21-13-12-6-36-41(33,43)39-10-3-9(8-4-24-16-7(22)1-2-25-30(8)16)37-11(10)5-35-42(34,44)40-15(13)19(38-12)31-17-14(28-29-31)18(32)27-20(23)26-17/h2*1-2,5-6,8-11,14-15,19-20H,3-4H2,(H2,24,26)(H,34,43)(H,35,44)(H3,25,29,30,33);1-2,4,9-13,15,19H,3,5-6,22H2,(H,33,43)(H,34,44)(H3,23,26,27,32)/t2*8-,9-,10-,11+,14-,15-,19-,20-,41?,42?;9-,10+,11-,12-,13+,15-,19-,41?,42?/m111/s1. The second-order valence-electron chi connectivity index (χ2n) is 30.4. The van der Waals surface area contributed by atoms with Gasteiger partial charge in [-0.2, -0.15) is 24.7 Å². The van der Waals surface area contributed by atoms with E-state index in [1.807, 2.05) is 0 Å². The summed E-state index contributed by atoms with van der Waals surface area (Å²) in [7, 11) is 0. The summed E-state index contributed by atoms with van der Waals surface area (Å²) >= 11 is 32.0. The van der Waals surface area contributed by atoms with Crippen LogP contribution < -0.4 is 51.1 Å². The van der Waals surface area contributed by atoms with Crippen molar-refractivity contribution in [1.82, 2.24) is 108 Å². The van der Waals surface area contributed by atoms with E-state index in [0.29, 0.717) is 39.4 Å². The lowest BCUT2D eigenvalue weighted by Crippen LogP contribution is -2.34. The molecule has 0 aliphatic carbocycles. The molecule has 29 atom stereocenters. The molecule has 12 aromatic heterocycles. The highest BCUT2D eigenvalue weighted by Crippen LogP contribution is 2.63. The molecule has 21 heterocycles. The van der Waals surface area contributed by atoms with Gasteiger partial charge in [-0.15, -0.1) is 28.6 Å². The van der Waals surface area contributed by atoms with E-state index in [1.165, 1.54) is 85.0 Å². The fourth-order valence-electron chi connectivity index (χ4n) is 15.8. The number of H-pyrrole nitrogens is 3. The molecule has 9 aliphatic heterocycles. The van der Waals surface area contributed by atoms with Crippen molar-refractivity contribution in [3.8, 4) is 0 Å². The number of alkyl halides is 5. The van der Waals surface area contributed by atoms with E-state index >= 15 is 22.0 Å². The van der Waals surface area contributed by atoms with Crippen LogP contribution in [0.3, 0.4) is 0 Å². The molecule has 134 heavy (non-hydrogen) atoms. The van der Waals surface area contributed by atoms with E-state index in [4.69, 9.17) is 167 Å². The predicted octanol–water partition coefficient (Wildman–Crippen LogP) is 2.89. The Balaban J connectivity index is 0.000000129. The van der Waals surface area contributed by atoms with Gasteiger partial charge in [0.2, 0.25) is 17.8 Å². The number of rotatable bonds is 6. The number of imidazole rings is 5. The van der Waals surface area contributed by atoms with Crippen LogP contribution in [0, 0.1) is 0 Å². The van der Waals surface area contributed by atoms with Gasteiger partial charge in [-0.1, -0.05) is 17.5 Å². The van der Waals surface area contributed by atoms with Gasteiger partial charge in [0.15, 0.2) is 87.6 Å². The number of nitrogens with one attached hydrogen (secondary N) is 3. The Morgan fingerprint density at radius 1 is 0.425 bits per heavy atom. The van der Waals surface area contributed by atoms with Gasteiger partial charge in [0.25, 0.3) is 16.7 Å². The van der Waals surface area contributed by atoms with Crippen LogP contribution in [0.15, 0.2) is 82.7 Å². The molecule has 53 nitrogen and oxygen atoms in total. The summed E-state index contributed by atoms with van der Waals surface area (Å²) in [6.07, 6.45) is -17.5. The number of thiol groups is 1. The summed E-state index contributed by atoms with van der Waals surface area (Å²) in [6, 6.07) is 4.65. The Morgan fingerprint density at radius 2 is 0.851 bits per heavy atom. The van der Waals surface area contributed by atoms with Crippen molar-refractivity contribution in [1.29, 1.82) is 0 Å². The van der Waals surface area contributed by atoms with Crippen molar-refractivity contribution in [2.75, 3.05) is 74.0 Å². The monoisotopic (exact) mass is 2140 g/mol. The van der Waals surface area contributed by atoms with Crippen molar-refractivity contribution < 1.29 is 124 Å². The van der Waals surface area contributed by atoms with E-state index in [2.05, 4.69) is 92.5 Å². The molecule has 9 fully saturated rings. The van der Waals surface area contributed by atoms with Gasteiger partial charge in [0.1, 0.15) is 95.2 Å². The average molecular weight is 2140 g/mol. The summed E-state index contributed by atoms with van der Waals surface area (Å²) in [4.78, 5) is 140. The summed E-state index contributed by atoms with van der Waals surface area (Å²) < 4.78 is 192. The molecular weight excluding hydrogens is 2070 g/mol. The molecule has 0 radical (unpaired) electrons. The first-order chi connectivity index (χ1) is 63.5. The van der Waals surface area contributed by atoms with E-state index in [0.717, 1.165) is 28.2 Å². The Kier molecular flexibility index (Phi) is 26.4. The first-order valence-electron chi connectivity index (χ1n) is 38.9. The largest absolute Gasteiger partial charge is 0.397 e. The first kappa shape index (κ1) is 95.9. The highest BCUT2D eigenvalue weighted by Gasteiger charge is 2.58. The van der Waals surface area contributed by atoms with Gasteiger partial charge in [-0.05, 0) is 77.2 Å². The Labute approximate surface area is 781 Å². The zero-order valence-corrected chi connectivity index (χ0v) is 78.8. The van der Waals surface area contributed by atoms with Gasteiger partial charge >= 0.3 is 40.4 Å². The lowest BCUT2D eigenvalue weighted by Gasteiger charge is -2.27. The molecule has 12 aromatic rings. The van der Waals surface area contributed by atoms with Gasteiger partial charge in [0, 0.05) is 18.8 Å². The van der Waals surface area contributed by atoms with E-state index in [-0.39, 0.29) is 69.1 Å². The van der Waals surface area contributed by atoms with Crippen LogP contribution in [-0.4, -0.2) is 274 Å². The minimum atomic E-state index is -4.38. The van der Waals surface area contributed by atoms with Crippen LogP contribution in [0.1, 0.15) is 47.7 Å². The fraction of sp³-hybridized carbons (Fsp3) is 0.484. The number of nitrogens with zero attached hydrogens (tertiary/aromatic N) is 19. The number of aromatic nitrogens is 22. The number of halogens is 5. The molecule has 0 aromatic carbocycles. The minimum absolute atomic E-state index is 0.0121. The van der Waals surface area contributed by atoms with Crippen molar-refractivity contribution in [2.24, 2.45) is 0 Å². The van der Waals surface area contributed by atoms with Crippen LogP contribution in [0.25, 0.3) is 61.5 Å². The quantitative estimate of drug-likeness (QED) is 0.0646. The third-order valence-corrected chi connectivity index (χ3v) is 34.3. The topological polar surface area (TPSA) is 717 Å². The first-order valence-corrected chi connectivity index (χ1v) is 56.4. The van der Waals surface area contributed by atoms with Gasteiger partial charge in [-0.25, -0.2) is 65.9 Å². The Morgan fingerprint density at radius 3 is 1.38 bits per heavy atom. The van der Waals surface area contributed by atoms with Gasteiger partial charge in [0.05, 0.1) is 117 Å². The van der Waals surface area contributed by atoms with Crippen LogP contribution >= 0.6 is 76.2 Å². The number of fused-ring (bicyclic) bond motifs is 15. The molecule has 9 aliphatic rings. The summed E-state index contributed by atoms with van der Waals surface area (Å²) in [5.41, 5.74) is 35.5. The number of nitrogens with two attached hydrogens (primary N) is 6. The molecule has 0 amide bonds. The molecule has 9 saturated heterocycles. The summed E-state index contributed by atoms with van der Waals surface area (Å²) in [6.45, 7) is -28.7. The third kappa shape index (κ3) is 18.9. The molecule has 720 valence electrons. The molecule has 6 unspecified atom stereocenters. The number of aromatic amines is 3. The number of hydrogen-bond acceptors (Lipinski definition) is 46. The summed E-state index contributed by atoms with van der Waals surface area (Å²) in [5.74, 6) is -0.682. The Bertz CT molecular complexity index is 6840. The molecule has 0 spiro atoms. The lowest BCUT2D eigenvalue weighted by atomic mass is 10.1. The maximum atomic E-state index is 16.0. The number of ether oxygens (including phenoxy) is 4. The van der Waals surface area contributed by atoms with Gasteiger partial charge < -0.3 is 105 Å². The molecular formula is C62H69F5N28O25P6S8. The SMILES string of the molecule is Nc1nc2c(ncn2[C@@H]2S[C@@H]3COP(=O)(S)O[C@H]4[C@H](F)[C@H](n5cnc6c(N)ccnc65)O[C@@H]4COP(O)(=S)O[C@@H]2[C@@H]3F)c(=O)[nH]1.Nc1nc2c(ncn2[C@@H]2S[C@@H]3COP(O)(=S)O[C@H]4[C@H](F)[C@H](n5cnc6c(N)ccnc65)O[C@@H]4COP(O)(=S)O[C@@H]2[C@@H]3F)c(=O)[nH]1.Nc1nc2c(nnn2[C@@H]2O[C@@H]3COP(O)(=S)O[C@H]4C[C@H](c5cnc6c(N)ccnn56)O[C@@H]4COP(O)(=S)O[C@@H]2[C@H]3F)c(=O)[nH]1. The van der Waals surface area contributed by atoms with Crippen molar-refractivity contribution >= 4 is 232 Å². The van der Waals surface area contributed by atoms with Crippen LogP contribution in [0.4, 0.5) is 56.9 Å². The van der Waals surface area contributed by atoms with E-state index < -0.39 is 235 Å². The van der Waals surface area contributed by atoms with Crippen molar-refractivity contribution in [3.63, 3.8) is 0 Å². The van der Waals surface area contributed by atoms with Crippen LogP contribution in [0.2, 0.25) is 0 Å². The van der Waals surface area contributed by atoms with Gasteiger partial charge in [-0.3, -0.25) is 74.7 Å². The summed E-state index contributed by atoms with van der Waals surface area (Å²) in [5, 5.41) is 7.67. The number of thioether (sulfide) groups is 2. The molecule has 72 heteroatoms. The lowest BCUT2D eigenvalue weighted by molar-refractivity contribution is -0.0607. The second kappa shape index (κ2) is 36.9. The average Bonchev–Trinajstić information content (AvgIpc) is 1.61. The normalized spacial score (nSPS) is 37.3. The number of hydrogen-bond donors (Lipinski definition) is 15. The highest BCUT2D eigenvalue weighted by molar-refractivity contribution is 8.44. The second-order valence-corrected chi connectivity index (χ2v) is 49.9. The van der Waals surface area contributed by atoms with E-state index in [9.17, 15) is 43.4 Å².